The lowest BCUT2D eigenvalue weighted by molar-refractivity contribution is -0.122. The molecule has 0 bridgehead atoms. The van der Waals surface area contributed by atoms with Crippen molar-refractivity contribution < 1.29 is 18.3 Å². The number of ether oxygens (including phenoxy) is 1. The fraction of sp³-hybridized carbons (Fsp3) is 0.364. The van der Waals surface area contributed by atoms with E-state index in [0.29, 0.717) is 6.54 Å². The Labute approximate surface area is 97.8 Å². The van der Waals surface area contributed by atoms with Crippen LogP contribution in [0.5, 0.6) is 0 Å². The molecule has 17 heavy (non-hydrogen) atoms. The standard InChI is InChI=1S/C11H14F2N2O2/c12-9-2-1-3-10(13)8(9)6-15-4-5-17-7-11(14)16/h1-3,15H,4-7H2,(H2,14,16). The monoisotopic (exact) mass is 244 g/mol. The molecule has 1 rings (SSSR count). The smallest absolute Gasteiger partial charge is 0.243 e. The summed E-state index contributed by atoms with van der Waals surface area (Å²) in [6.45, 7) is 0.536. The van der Waals surface area contributed by atoms with Gasteiger partial charge in [-0.25, -0.2) is 8.78 Å². The van der Waals surface area contributed by atoms with E-state index in [4.69, 9.17) is 10.5 Å². The second-order valence-corrected chi connectivity index (χ2v) is 3.40. The predicted octanol–water partition coefficient (Wildman–Crippen LogP) is 0.556. The molecule has 3 N–H and O–H groups in total. The van der Waals surface area contributed by atoms with E-state index in [1.807, 2.05) is 0 Å². The molecule has 0 saturated carbocycles. The van der Waals surface area contributed by atoms with Crippen molar-refractivity contribution in [3.63, 3.8) is 0 Å². The molecule has 0 spiro atoms. The van der Waals surface area contributed by atoms with Gasteiger partial charge in [0, 0.05) is 18.7 Å². The van der Waals surface area contributed by atoms with Crippen LogP contribution >= 0.6 is 0 Å². The minimum Gasteiger partial charge on any atom is -0.370 e. The molecule has 0 radical (unpaired) electrons. The molecule has 0 unspecified atom stereocenters. The number of hydrogen-bond donors (Lipinski definition) is 2. The van der Waals surface area contributed by atoms with Gasteiger partial charge in [-0.15, -0.1) is 0 Å². The Hall–Kier alpha value is -1.53. The second kappa shape index (κ2) is 6.93. The first kappa shape index (κ1) is 13.5. The Morgan fingerprint density at radius 2 is 2.00 bits per heavy atom. The summed E-state index contributed by atoms with van der Waals surface area (Å²) in [5.74, 6) is -1.73. The lowest BCUT2D eigenvalue weighted by Gasteiger charge is -2.07. The number of benzene rings is 1. The number of amides is 1. The van der Waals surface area contributed by atoms with Gasteiger partial charge >= 0.3 is 0 Å². The maximum absolute atomic E-state index is 13.2. The van der Waals surface area contributed by atoms with Crippen molar-refractivity contribution in [3.8, 4) is 0 Å². The van der Waals surface area contributed by atoms with E-state index in [1.54, 1.807) is 0 Å². The van der Waals surface area contributed by atoms with Gasteiger partial charge in [0.15, 0.2) is 0 Å². The number of rotatable bonds is 7. The number of carbonyl (C=O) groups excluding carboxylic acids is 1. The third-order valence-electron chi connectivity index (χ3n) is 2.03. The number of primary amides is 1. The summed E-state index contributed by atoms with van der Waals surface area (Å²) < 4.78 is 31.2. The Kier molecular flexibility index (Phi) is 5.51. The third-order valence-corrected chi connectivity index (χ3v) is 2.03. The Bertz CT molecular complexity index is 365. The van der Waals surface area contributed by atoms with E-state index in [0.717, 1.165) is 0 Å². The second-order valence-electron chi connectivity index (χ2n) is 3.40. The van der Waals surface area contributed by atoms with E-state index in [2.05, 4.69) is 5.32 Å². The molecule has 0 aliphatic rings. The van der Waals surface area contributed by atoms with Crippen LogP contribution in [0.15, 0.2) is 18.2 Å². The summed E-state index contributed by atoms with van der Waals surface area (Å²) in [5, 5.41) is 2.80. The van der Waals surface area contributed by atoms with E-state index in [-0.39, 0.29) is 25.3 Å². The first-order chi connectivity index (χ1) is 8.11. The Morgan fingerprint density at radius 1 is 1.35 bits per heavy atom. The summed E-state index contributed by atoms with van der Waals surface area (Å²) in [6, 6.07) is 3.71. The van der Waals surface area contributed by atoms with Crippen LogP contribution in [0.2, 0.25) is 0 Å². The maximum Gasteiger partial charge on any atom is 0.243 e. The molecular weight excluding hydrogens is 230 g/mol. The fourth-order valence-corrected chi connectivity index (χ4v) is 1.23. The fourth-order valence-electron chi connectivity index (χ4n) is 1.23. The van der Waals surface area contributed by atoms with Gasteiger partial charge < -0.3 is 15.8 Å². The number of halogens is 2. The molecule has 0 aromatic heterocycles. The van der Waals surface area contributed by atoms with Gasteiger partial charge in [0.05, 0.1) is 6.61 Å². The van der Waals surface area contributed by atoms with Gasteiger partial charge in [-0.05, 0) is 12.1 Å². The Balaban J connectivity index is 2.24. The van der Waals surface area contributed by atoms with Crippen molar-refractivity contribution in [2.45, 2.75) is 6.54 Å². The van der Waals surface area contributed by atoms with E-state index in [9.17, 15) is 13.6 Å². The van der Waals surface area contributed by atoms with Gasteiger partial charge in [-0.1, -0.05) is 6.07 Å². The van der Waals surface area contributed by atoms with Crippen LogP contribution in [-0.4, -0.2) is 25.7 Å². The molecule has 0 heterocycles. The highest BCUT2D eigenvalue weighted by Crippen LogP contribution is 2.11. The maximum atomic E-state index is 13.2. The van der Waals surface area contributed by atoms with E-state index in [1.165, 1.54) is 18.2 Å². The van der Waals surface area contributed by atoms with Crippen molar-refractivity contribution in [1.82, 2.24) is 5.32 Å². The van der Waals surface area contributed by atoms with Crippen molar-refractivity contribution in [1.29, 1.82) is 0 Å². The molecule has 0 aliphatic heterocycles. The van der Waals surface area contributed by atoms with Gasteiger partial charge in [0.1, 0.15) is 18.2 Å². The van der Waals surface area contributed by atoms with Gasteiger partial charge in [-0.2, -0.15) is 0 Å². The van der Waals surface area contributed by atoms with Crippen molar-refractivity contribution >= 4 is 5.91 Å². The largest absolute Gasteiger partial charge is 0.370 e. The minimum absolute atomic E-state index is 0.0117. The molecule has 1 aromatic carbocycles. The van der Waals surface area contributed by atoms with Crippen LogP contribution in [-0.2, 0) is 16.1 Å². The predicted molar refractivity (Wildman–Crippen MR) is 58.1 cm³/mol. The summed E-state index contributed by atoms with van der Waals surface area (Å²) in [6.07, 6.45) is 0. The normalized spacial score (nSPS) is 10.5. The molecule has 4 nitrogen and oxygen atoms in total. The number of hydrogen-bond acceptors (Lipinski definition) is 3. The molecule has 94 valence electrons. The van der Waals surface area contributed by atoms with Crippen LogP contribution in [0.25, 0.3) is 0 Å². The molecule has 0 aliphatic carbocycles. The summed E-state index contributed by atoms with van der Waals surface area (Å²) in [5.41, 5.74) is 4.84. The summed E-state index contributed by atoms with van der Waals surface area (Å²) in [7, 11) is 0. The first-order valence-corrected chi connectivity index (χ1v) is 5.11. The highest BCUT2D eigenvalue weighted by atomic mass is 19.1. The van der Waals surface area contributed by atoms with Gasteiger partial charge in [0.2, 0.25) is 5.91 Å². The zero-order valence-electron chi connectivity index (χ0n) is 9.21. The zero-order chi connectivity index (χ0) is 12.7. The average molecular weight is 244 g/mol. The van der Waals surface area contributed by atoms with Gasteiger partial charge in [0.25, 0.3) is 0 Å². The molecule has 6 heteroatoms. The minimum atomic E-state index is -0.587. The molecule has 0 saturated heterocycles. The van der Waals surface area contributed by atoms with Crippen molar-refractivity contribution in [3.05, 3.63) is 35.4 Å². The Morgan fingerprint density at radius 3 is 2.59 bits per heavy atom. The topological polar surface area (TPSA) is 64.4 Å². The van der Waals surface area contributed by atoms with Crippen LogP contribution in [0, 0.1) is 11.6 Å². The van der Waals surface area contributed by atoms with Gasteiger partial charge in [-0.3, -0.25) is 4.79 Å². The quantitative estimate of drug-likeness (QED) is 0.689. The van der Waals surface area contributed by atoms with E-state index < -0.39 is 17.5 Å². The zero-order valence-corrected chi connectivity index (χ0v) is 9.21. The summed E-state index contributed by atoms with van der Waals surface area (Å²) >= 11 is 0. The average Bonchev–Trinajstić information content (AvgIpc) is 2.26. The SMILES string of the molecule is NC(=O)COCCNCc1c(F)cccc1F. The third kappa shape index (κ3) is 4.88. The lowest BCUT2D eigenvalue weighted by Crippen LogP contribution is -2.24. The van der Waals surface area contributed by atoms with Crippen molar-refractivity contribution in [2.24, 2.45) is 5.73 Å². The molecule has 1 aromatic rings. The van der Waals surface area contributed by atoms with Crippen LogP contribution in [0.3, 0.4) is 0 Å². The van der Waals surface area contributed by atoms with Crippen LogP contribution < -0.4 is 11.1 Å². The number of nitrogens with two attached hydrogens (primary N) is 1. The number of carbonyl (C=O) groups is 1. The van der Waals surface area contributed by atoms with Crippen molar-refractivity contribution in [2.75, 3.05) is 19.8 Å². The lowest BCUT2D eigenvalue weighted by atomic mass is 10.2. The molecule has 0 fully saturated rings. The highest BCUT2D eigenvalue weighted by Gasteiger charge is 2.06. The number of nitrogens with one attached hydrogen (secondary N) is 1. The first-order valence-electron chi connectivity index (χ1n) is 5.11. The highest BCUT2D eigenvalue weighted by molar-refractivity contribution is 5.74. The van der Waals surface area contributed by atoms with E-state index >= 15 is 0 Å². The molecule has 0 atom stereocenters. The van der Waals surface area contributed by atoms with Crippen LogP contribution in [0.1, 0.15) is 5.56 Å². The van der Waals surface area contributed by atoms with Crippen LogP contribution in [0.4, 0.5) is 8.78 Å². The molecular formula is C11H14F2N2O2. The summed E-state index contributed by atoms with van der Waals surface area (Å²) in [4.78, 5) is 10.3. The molecule has 1 amide bonds.